The van der Waals surface area contributed by atoms with Gasteiger partial charge in [-0.2, -0.15) is 0 Å². The highest BCUT2D eigenvalue weighted by atomic mass is 32.1. The molecule has 24 heavy (non-hydrogen) atoms. The van der Waals surface area contributed by atoms with Crippen LogP contribution in [0.3, 0.4) is 0 Å². The van der Waals surface area contributed by atoms with E-state index in [-0.39, 0.29) is 11.7 Å². The highest BCUT2D eigenvalue weighted by Gasteiger charge is 2.21. The molecule has 0 amide bonds. The first-order valence-corrected chi connectivity index (χ1v) is 8.70. The summed E-state index contributed by atoms with van der Waals surface area (Å²) in [5.74, 6) is 0.608. The first kappa shape index (κ1) is 16.9. The van der Waals surface area contributed by atoms with Crippen LogP contribution in [0.4, 0.5) is 0 Å². The Morgan fingerprint density at radius 1 is 1.50 bits per heavy atom. The number of H-pyrrole nitrogens is 1. The lowest BCUT2D eigenvalue weighted by molar-refractivity contribution is 0.0893. The number of fused-ring (bicyclic) bond motifs is 1. The lowest BCUT2D eigenvalue weighted by Gasteiger charge is -2.27. The van der Waals surface area contributed by atoms with Crippen molar-refractivity contribution in [1.82, 2.24) is 20.2 Å². The number of para-hydroxylation sites is 1. The van der Waals surface area contributed by atoms with E-state index >= 15 is 0 Å². The Morgan fingerprint density at radius 3 is 3.08 bits per heavy atom. The molecule has 128 valence electrons. The fourth-order valence-corrected chi connectivity index (χ4v) is 3.19. The van der Waals surface area contributed by atoms with E-state index in [4.69, 9.17) is 17.0 Å². The lowest BCUT2D eigenvalue weighted by atomic mass is 10.2. The largest absolute Gasteiger partial charge is 0.376 e. The number of nitrogens with one attached hydrogen (secondary N) is 2. The van der Waals surface area contributed by atoms with Gasteiger partial charge in [0.2, 0.25) is 0 Å². The standard InChI is InChI=1S/C17H22N4O2S/c1-2-18-17(24)21(10-12-6-5-9-23-12)11-15-19-14-8-4-3-7-13(14)16(22)20-15/h3-4,7-8,12H,2,5-6,9-11H2,1H3,(H,18,24)(H,19,20,22)/t12-/m1/s1. The molecule has 0 saturated carbocycles. The molecule has 1 saturated heterocycles. The van der Waals surface area contributed by atoms with Crippen molar-refractivity contribution in [2.24, 2.45) is 0 Å². The second-order valence-electron chi connectivity index (χ2n) is 5.88. The van der Waals surface area contributed by atoms with Gasteiger partial charge in [-0.15, -0.1) is 0 Å². The van der Waals surface area contributed by atoms with Crippen LogP contribution < -0.4 is 10.9 Å². The van der Waals surface area contributed by atoms with Crippen LogP contribution in [0.1, 0.15) is 25.6 Å². The van der Waals surface area contributed by atoms with Gasteiger partial charge in [0.05, 0.1) is 23.6 Å². The number of hydrogen-bond acceptors (Lipinski definition) is 4. The molecular formula is C17H22N4O2S. The molecule has 0 radical (unpaired) electrons. The van der Waals surface area contributed by atoms with Gasteiger partial charge in [-0.3, -0.25) is 4.79 Å². The van der Waals surface area contributed by atoms with Crippen LogP contribution in [-0.2, 0) is 11.3 Å². The van der Waals surface area contributed by atoms with Crippen molar-refractivity contribution < 1.29 is 4.74 Å². The Morgan fingerprint density at radius 2 is 2.33 bits per heavy atom. The van der Waals surface area contributed by atoms with Gasteiger partial charge in [0.25, 0.3) is 5.56 Å². The van der Waals surface area contributed by atoms with Crippen LogP contribution in [0.2, 0.25) is 0 Å². The summed E-state index contributed by atoms with van der Waals surface area (Å²) in [5.41, 5.74) is 0.574. The molecule has 0 spiro atoms. The van der Waals surface area contributed by atoms with Crippen LogP contribution in [0.15, 0.2) is 29.1 Å². The number of thiocarbonyl (C=S) groups is 1. The minimum absolute atomic E-state index is 0.123. The lowest BCUT2D eigenvalue weighted by Crippen LogP contribution is -2.43. The topological polar surface area (TPSA) is 70.2 Å². The summed E-state index contributed by atoms with van der Waals surface area (Å²) in [6.07, 6.45) is 2.29. The maximum atomic E-state index is 12.2. The van der Waals surface area contributed by atoms with E-state index in [1.807, 2.05) is 30.0 Å². The van der Waals surface area contributed by atoms with Gasteiger partial charge in [-0.25, -0.2) is 4.98 Å². The van der Waals surface area contributed by atoms with Crippen molar-refractivity contribution in [2.45, 2.75) is 32.4 Å². The Labute approximate surface area is 146 Å². The molecule has 1 aromatic carbocycles. The molecule has 7 heteroatoms. The highest BCUT2D eigenvalue weighted by molar-refractivity contribution is 7.80. The Balaban J connectivity index is 1.83. The number of nitrogens with zero attached hydrogens (tertiary/aromatic N) is 2. The molecule has 6 nitrogen and oxygen atoms in total. The Bertz CT molecular complexity index is 771. The van der Waals surface area contributed by atoms with Gasteiger partial charge in [0, 0.05) is 19.7 Å². The zero-order valence-corrected chi connectivity index (χ0v) is 14.6. The Kier molecular flexibility index (Phi) is 5.42. The van der Waals surface area contributed by atoms with Crippen LogP contribution >= 0.6 is 12.2 Å². The summed E-state index contributed by atoms with van der Waals surface area (Å²) in [6.45, 7) is 4.71. The van der Waals surface area contributed by atoms with Gasteiger partial charge in [-0.05, 0) is 44.1 Å². The number of rotatable bonds is 5. The van der Waals surface area contributed by atoms with Crippen molar-refractivity contribution in [2.75, 3.05) is 19.7 Å². The summed E-state index contributed by atoms with van der Waals surface area (Å²) in [7, 11) is 0. The summed E-state index contributed by atoms with van der Waals surface area (Å²) in [6, 6.07) is 7.34. The molecule has 0 bridgehead atoms. The smallest absolute Gasteiger partial charge is 0.258 e. The van der Waals surface area contributed by atoms with E-state index < -0.39 is 0 Å². The minimum atomic E-state index is -0.123. The molecule has 3 rings (SSSR count). The molecule has 2 heterocycles. The predicted octanol–water partition coefficient (Wildman–Crippen LogP) is 1.80. The first-order chi connectivity index (χ1) is 11.7. The molecule has 2 N–H and O–H groups in total. The molecule has 1 fully saturated rings. The fraction of sp³-hybridized carbons (Fsp3) is 0.471. The van der Waals surface area contributed by atoms with Crippen molar-refractivity contribution in [1.29, 1.82) is 0 Å². The second kappa shape index (κ2) is 7.72. The van der Waals surface area contributed by atoms with E-state index in [0.29, 0.717) is 34.9 Å². The zero-order chi connectivity index (χ0) is 16.9. The van der Waals surface area contributed by atoms with Crippen molar-refractivity contribution in [3.63, 3.8) is 0 Å². The number of hydrogen-bond donors (Lipinski definition) is 2. The number of ether oxygens (including phenoxy) is 1. The normalized spacial score (nSPS) is 17.1. The van der Waals surface area contributed by atoms with E-state index in [2.05, 4.69) is 15.3 Å². The third-order valence-electron chi connectivity index (χ3n) is 4.07. The van der Waals surface area contributed by atoms with Crippen molar-refractivity contribution in [3.8, 4) is 0 Å². The summed E-state index contributed by atoms with van der Waals surface area (Å²) in [5, 5.41) is 4.43. The quantitative estimate of drug-likeness (QED) is 0.805. The second-order valence-corrected chi connectivity index (χ2v) is 6.27. The predicted molar refractivity (Wildman–Crippen MR) is 98.0 cm³/mol. The van der Waals surface area contributed by atoms with Crippen molar-refractivity contribution in [3.05, 3.63) is 40.4 Å². The molecule has 0 unspecified atom stereocenters. The molecule has 0 aliphatic carbocycles. The number of aromatic nitrogens is 2. The zero-order valence-electron chi connectivity index (χ0n) is 13.7. The maximum absolute atomic E-state index is 12.2. The van der Waals surface area contributed by atoms with E-state index in [1.165, 1.54) is 0 Å². The third-order valence-corrected chi connectivity index (χ3v) is 4.47. The van der Waals surface area contributed by atoms with Crippen LogP contribution in [0.5, 0.6) is 0 Å². The SMILES string of the molecule is CCNC(=S)N(Cc1nc2ccccc2c(=O)[nH]1)C[C@H]1CCCO1. The maximum Gasteiger partial charge on any atom is 0.258 e. The summed E-state index contributed by atoms with van der Waals surface area (Å²) < 4.78 is 5.72. The van der Waals surface area contributed by atoms with Gasteiger partial charge >= 0.3 is 0 Å². The average molecular weight is 346 g/mol. The van der Waals surface area contributed by atoms with Gasteiger partial charge in [0.15, 0.2) is 5.11 Å². The van der Waals surface area contributed by atoms with Gasteiger partial charge < -0.3 is 19.9 Å². The van der Waals surface area contributed by atoms with Gasteiger partial charge in [-0.1, -0.05) is 12.1 Å². The van der Waals surface area contributed by atoms with Crippen LogP contribution in [0, 0.1) is 0 Å². The molecule has 1 atom stereocenters. The minimum Gasteiger partial charge on any atom is -0.376 e. The van der Waals surface area contributed by atoms with Crippen molar-refractivity contribution >= 4 is 28.2 Å². The molecule has 1 aromatic heterocycles. The number of benzene rings is 1. The Hall–Kier alpha value is -1.99. The highest BCUT2D eigenvalue weighted by Crippen LogP contribution is 2.15. The molecule has 1 aliphatic rings. The summed E-state index contributed by atoms with van der Waals surface area (Å²) in [4.78, 5) is 21.7. The monoisotopic (exact) mass is 346 g/mol. The van der Waals surface area contributed by atoms with E-state index in [0.717, 1.165) is 26.0 Å². The third kappa shape index (κ3) is 3.91. The van der Waals surface area contributed by atoms with Crippen LogP contribution in [0.25, 0.3) is 10.9 Å². The van der Waals surface area contributed by atoms with E-state index in [9.17, 15) is 4.79 Å². The molecular weight excluding hydrogens is 324 g/mol. The fourth-order valence-electron chi connectivity index (χ4n) is 2.91. The first-order valence-electron chi connectivity index (χ1n) is 8.29. The van der Waals surface area contributed by atoms with Crippen LogP contribution in [-0.4, -0.2) is 45.8 Å². The molecule has 1 aliphatic heterocycles. The average Bonchev–Trinajstić information content (AvgIpc) is 3.08. The molecule has 2 aromatic rings. The van der Waals surface area contributed by atoms with E-state index in [1.54, 1.807) is 6.07 Å². The van der Waals surface area contributed by atoms with Gasteiger partial charge in [0.1, 0.15) is 5.82 Å². The summed E-state index contributed by atoms with van der Waals surface area (Å²) >= 11 is 5.48. The number of aromatic amines is 1.